The van der Waals surface area contributed by atoms with Crippen LogP contribution in [0.1, 0.15) is 0 Å². The van der Waals surface area contributed by atoms with Crippen LogP contribution in [-0.2, 0) is 11.8 Å². The van der Waals surface area contributed by atoms with Crippen molar-refractivity contribution >= 4 is 12.1 Å². The van der Waals surface area contributed by atoms with Crippen LogP contribution in [0.4, 0.5) is 5.69 Å². The molecule has 1 aromatic heterocycles. The molecule has 1 heterocycles. The molecular formula is C5H7N3O. The molecule has 4 nitrogen and oxygen atoms in total. The molecule has 0 aliphatic heterocycles. The van der Waals surface area contributed by atoms with Crippen LogP contribution in [0.2, 0.25) is 0 Å². The number of carbonyl (C=O) groups excluding carboxylic acids is 1. The molecular weight excluding hydrogens is 118 g/mol. The summed E-state index contributed by atoms with van der Waals surface area (Å²) in [7, 11) is 1.79. The van der Waals surface area contributed by atoms with E-state index in [0.717, 1.165) is 0 Å². The Kier molecular flexibility index (Phi) is 1.48. The van der Waals surface area contributed by atoms with Gasteiger partial charge in [0, 0.05) is 13.2 Å². The molecule has 48 valence electrons. The maximum atomic E-state index is 9.84. The molecule has 1 N–H and O–H groups in total. The highest BCUT2D eigenvalue weighted by atomic mass is 16.1. The van der Waals surface area contributed by atoms with Gasteiger partial charge in [0.2, 0.25) is 6.41 Å². The first kappa shape index (κ1) is 5.81. The molecule has 1 amide bonds. The summed E-state index contributed by atoms with van der Waals surface area (Å²) in [6.07, 6.45) is 3.92. The van der Waals surface area contributed by atoms with E-state index in [9.17, 15) is 4.79 Å². The fourth-order valence-electron chi connectivity index (χ4n) is 0.564. The smallest absolute Gasteiger partial charge is 0.211 e. The van der Waals surface area contributed by atoms with Crippen molar-refractivity contribution in [3.8, 4) is 0 Å². The van der Waals surface area contributed by atoms with Gasteiger partial charge >= 0.3 is 0 Å². The second-order valence-electron chi connectivity index (χ2n) is 1.66. The highest BCUT2D eigenvalue weighted by Crippen LogP contribution is 1.99. The van der Waals surface area contributed by atoms with Gasteiger partial charge in [-0.2, -0.15) is 5.10 Å². The first-order valence-electron chi connectivity index (χ1n) is 2.52. The second-order valence-corrected chi connectivity index (χ2v) is 1.66. The average Bonchev–Trinajstić information content (AvgIpc) is 2.17. The van der Waals surface area contributed by atoms with Gasteiger partial charge in [0.1, 0.15) is 0 Å². The van der Waals surface area contributed by atoms with E-state index in [1.807, 2.05) is 0 Å². The zero-order chi connectivity index (χ0) is 6.69. The van der Waals surface area contributed by atoms with Crippen LogP contribution < -0.4 is 5.32 Å². The van der Waals surface area contributed by atoms with Crippen LogP contribution in [0.3, 0.4) is 0 Å². The van der Waals surface area contributed by atoms with E-state index in [4.69, 9.17) is 0 Å². The van der Waals surface area contributed by atoms with Crippen molar-refractivity contribution in [1.82, 2.24) is 9.78 Å². The molecule has 0 saturated carbocycles. The first-order chi connectivity index (χ1) is 4.33. The molecule has 1 aromatic rings. The number of nitrogens with zero attached hydrogens (tertiary/aromatic N) is 2. The summed E-state index contributed by atoms with van der Waals surface area (Å²) >= 11 is 0. The van der Waals surface area contributed by atoms with Gasteiger partial charge in [0.15, 0.2) is 0 Å². The van der Waals surface area contributed by atoms with Crippen LogP contribution in [0, 0.1) is 0 Å². The maximum Gasteiger partial charge on any atom is 0.211 e. The lowest BCUT2D eigenvalue weighted by Crippen LogP contribution is -1.90. The van der Waals surface area contributed by atoms with Crippen LogP contribution in [0.5, 0.6) is 0 Å². The summed E-state index contributed by atoms with van der Waals surface area (Å²) in [5.41, 5.74) is 0.715. The molecule has 0 bridgehead atoms. The zero-order valence-corrected chi connectivity index (χ0v) is 5.03. The van der Waals surface area contributed by atoms with Crippen LogP contribution in [0.25, 0.3) is 0 Å². The lowest BCUT2D eigenvalue weighted by Gasteiger charge is -1.85. The lowest BCUT2D eigenvalue weighted by atomic mass is 10.6. The standard InChI is InChI=1S/C5H7N3O/c1-8-3-5(2-7-8)6-4-9/h2-4H,1H3,(H,6,9). The highest BCUT2D eigenvalue weighted by molar-refractivity contribution is 5.69. The Morgan fingerprint density at radius 1 is 1.89 bits per heavy atom. The van der Waals surface area contributed by atoms with Crippen molar-refractivity contribution in [2.75, 3.05) is 5.32 Å². The van der Waals surface area contributed by atoms with E-state index in [-0.39, 0.29) is 0 Å². The molecule has 0 fully saturated rings. The minimum Gasteiger partial charge on any atom is -0.326 e. The van der Waals surface area contributed by atoms with Crippen LogP contribution >= 0.6 is 0 Å². The molecule has 4 heteroatoms. The van der Waals surface area contributed by atoms with E-state index in [0.29, 0.717) is 12.1 Å². The Morgan fingerprint density at radius 3 is 3.11 bits per heavy atom. The summed E-state index contributed by atoms with van der Waals surface area (Å²) in [4.78, 5) is 9.84. The maximum absolute atomic E-state index is 9.84. The van der Waals surface area contributed by atoms with Crippen molar-refractivity contribution in [3.05, 3.63) is 12.4 Å². The third-order valence-electron chi connectivity index (χ3n) is 0.930. The number of hydrogen-bond acceptors (Lipinski definition) is 2. The van der Waals surface area contributed by atoms with Gasteiger partial charge in [-0.1, -0.05) is 0 Å². The van der Waals surface area contributed by atoms with E-state index < -0.39 is 0 Å². The number of hydrogen-bond donors (Lipinski definition) is 1. The van der Waals surface area contributed by atoms with Gasteiger partial charge in [0.05, 0.1) is 11.9 Å². The topological polar surface area (TPSA) is 46.9 Å². The Balaban J connectivity index is 2.72. The molecule has 0 unspecified atom stereocenters. The van der Waals surface area contributed by atoms with Gasteiger partial charge in [0.25, 0.3) is 0 Å². The van der Waals surface area contributed by atoms with Crippen molar-refractivity contribution in [2.45, 2.75) is 0 Å². The van der Waals surface area contributed by atoms with E-state index in [1.54, 1.807) is 24.1 Å². The van der Waals surface area contributed by atoms with Crippen LogP contribution in [0.15, 0.2) is 12.4 Å². The Labute approximate surface area is 52.5 Å². The number of anilines is 1. The molecule has 9 heavy (non-hydrogen) atoms. The third kappa shape index (κ3) is 1.28. The fourth-order valence-corrected chi connectivity index (χ4v) is 0.564. The summed E-state index contributed by atoms with van der Waals surface area (Å²) in [6, 6.07) is 0. The number of aromatic nitrogens is 2. The van der Waals surface area contributed by atoms with Crippen molar-refractivity contribution in [3.63, 3.8) is 0 Å². The van der Waals surface area contributed by atoms with Crippen molar-refractivity contribution < 1.29 is 4.79 Å². The number of amides is 1. The Hall–Kier alpha value is -1.32. The summed E-state index contributed by atoms with van der Waals surface area (Å²) in [6.45, 7) is 0. The SMILES string of the molecule is Cn1cc(NC=O)cn1. The molecule has 0 atom stereocenters. The molecule has 0 radical (unpaired) electrons. The quantitative estimate of drug-likeness (QED) is 0.565. The predicted molar refractivity (Wildman–Crippen MR) is 32.9 cm³/mol. The van der Waals surface area contributed by atoms with E-state index in [1.165, 1.54) is 0 Å². The van der Waals surface area contributed by atoms with E-state index >= 15 is 0 Å². The number of aryl methyl sites for hydroxylation is 1. The largest absolute Gasteiger partial charge is 0.326 e. The summed E-state index contributed by atoms with van der Waals surface area (Å²) < 4.78 is 1.62. The van der Waals surface area contributed by atoms with Gasteiger partial charge in [-0.05, 0) is 0 Å². The van der Waals surface area contributed by atoms with Gasteiger partial charge in [-0.25, -0.2) is 0 Å². The minimum absolute atomic E-state index is 0.622. The molecule has 0 aliphatic carbocycles. The van der Waals surface area contributed by atoms with E-state index in [2.05, 4.69) is 10.4 Å². The lowest BCUT2D eigenvalue weighted by molar-refractivity contribution is -0.105. The summed E-state index contributed by atoms with van der Waals surface area (Å²) in [5, 5.41) is 6.29. The van der Waals surface area contributed by atoms with Crippen LogP contribution in [-0.4, -0.2) is 16.2 Å². The molecule has 0 aromatic carbocycles. The average molecular weight is 125 g/mol. The van der Waals surface area contributed by atoms with Crippen molar-refractivity contribution in [2.24, 2.45) is 7.05 Å². The van der Waals surface area contributed by atoms with Gasteiger partial charge in [-0.15, -0.1) is 0 Å². The number of nitrogens with one attached hydrogen (secondary N) is 1. The molecule has 0 spiro atoms. The van der Waals surface area contributed by atoms with Crippen molar-refractivity contribution in [1.29, 1.82) is 0 Å². The third-order valence-corrected chi connectivity index (χ3v) is 0.930. The number of rotatable bonds is 2. The van der Waals surface area contributed by atoms with Gasteiger partial charge in [-0.3, -0.25) is 9.48 Å². The molecule has 1 rings (SSSR count). The van der Waals surface area contributed by atoms with Gasteiger partial charge < -0.3 is 5.32 Å². The summed E-state index contributed by atoms with van der Waals surface area (Å²) in [5.74, 6) is 0. The highest BCUT2D eigenvalue weighted by Gasteiger charge is 1.89. The Morgan fingerprint density at radius 2 is 2.67 bits per heavy atom. The second kappa shape index (κ2) is 2.30. The zero-order valence-electron chi connectivity index (χ0n) is 5.03. The molecule has 0 saturated heterocycles. The fraction of sp³-hybridized carbons (Fsp3) is 0.200. The molecule has 0 aliphatic rings. The first-order valence-corrected chi connectivity index (χ1v) is 2.52. The Bertz CT molecular complexity index is 206. The minimum atomic E-state index is 0.622. The monoisotopic (exact) mass is 125 g/mol. The number of carbonyl (C=O) groups is 1. The predicted octanol–water partition coefficient (Wildman–Crippen LogP) is -0.0116. The normalized spacial score (nSPS) is 9.00.